The molecule has 0 saturated heterocycles. The quantitative estimate of drug-likeness (QED) is 0.684. The van der Waals surface area contributed by atoms with E-state index in [0.717, 1.165) is 16.9 Å². The highest BCUT2D eigenvalue weighted by atomic mass is 32.1. The van der Waals surface area contributed by atoms with Crippen molar-refractivity contribution in [2.24, 2.45) is 0 Å². The molecule has 0 spiro atoms. The zero-order valence-electron chi connectivity index (χ0n) is 12.8. The van der Waals surface area contributed by atoms with Crippen molar-refractivity contribution in [3.8, 4) is 28.3 Å². The number of aromatic nitrogens is 1. The Balaban J connectivity index is 2.13. The molecule has 24 heavy (non-hydrogen) atoms. The Bertz CT molecular complexity index is 843. The maximum absolute atomic E-state index is 11.2. The Labute approximate surface area is 144 Å². The second kappa shape index (κ2) is 6.80. The summed E-state index contributed by atoms with van der Waals surface area (Å²) in [4.78, 5) is 15.6. The lowest BCUT2D eigenvalue weighted by molar-refractivity contribution is -0.136. The van der Waals surface area contributed by atoms with E-state index in [2.05, 4.69) is 17.6 Å². The number of hydrogen-bond donors (Lipinski definition) is 2. The number of methoxy groups -OCH3 is 1. The molecule has 0 fully saturated rings. The summed E-state index contributed by atoms with van der Waals surface area (Å²) in [6.07, 6.45) is 0. The van der Waals surface area contributed by atoms with Crippen LogP contribution in [0.2, 0.25) is 0 Å². The number of carboxylic acid groups (broad SMARTS) is 1. The molecule has 5 nitrogen and oxygen atoms in total. The van der Waals surface area contributed by atoms with E-state index < -0.39 is 11.2 Å². The second-order valence-electron chi connectivity index (χ2n) is 5.07. The smallest absolute Gasteiger partial charge is 0.325 e. The van der Waals surface area contributed by atoms with Gasteiger partial charge in [0.15, 0.2) is 11.0 Å². The number of aliphatic carboxylic acids is 1. The molecule has 0 radical (unpaired) electrons. The van der Waals surface area contributed by atoms with E-state index in [1.54, 1.807) is 7.11 Å². The number of carboxylic acids is 1. The van der Waals surface area contributed by atoms with Crippen molar-refractivity contribution in [1.82, 2.24) is 4.98 Å². The minimum Gasteiger partial charge on any atom is -0.497 e. The van der Waals surface area contributed by atoms with Gasteiger partial charge in [-0.05, 0) is 24.3 Å². The van der Waals surface area contributed by atoms with Gasteiger partial charge in [-0.3, -0.25) is 4.79 Å². The first-order valence-electron chi connectivity index (χ1n) is 7.21. The molecule has 0 amide bonds. The van der Waals surface area contributed by atoms with E-state index in [1.807, 2.05) is 54.6 Å². The van der Waals surface area contributed by atoms with Gasteiger partial charge in [-0.2, -0.15) is 12.6 Å². The topological polar surface area (TPSA) is 72.6 Å². The third kappa shape index (κ3) is 3.14. The molecule has 2 aromatic carbocycles. The van der Waals surface area contributed by atoms with Crippen molar-refractivity contribution < 1.29 is 19.1 Å². The second-order valence-corrected chi connectivity index (χ2v) is 5.58. The lowest BCUT2D eigenvalue weighted by atomic mass is 10.1. The number of benzene rings is 2. The van der Waals surface area contributed by atoms with Crippen LogP contribution in [0.15, 0.2) is 59.0 Å². The lowest BCUT2D eigenvalue weighted by Crippen LogP contribution is -2.05. The Morgan fingerprint density at radius 2 is 1.79 bits per heavy atom. The van der Waals surface area contributed by atoms with Crippen molar-refractivity contribution in [1.29, 1.82) is 0 Å². The van der Waals surface area contributed by atoms with Crippen LogP contribution >= 0.6 is 12.6 Å². The van der Waals surface area contributed by atoms with Gasteiger partial charge in [-0.1, -0.05) is 30.3 Å². The van der Waals surface area contributed by atoms with E-state index in [4.69, 9.17) is 14.3 Å². The highest BCUT2D eigenvalue weighted by Crippen LogP contribution is 2.36. The fourth-order valence-electron chi connectivity index (χ4n) is 2.29. The fourth-order valence-corrected chi connectivity index (χ4v) is 2.40. The Kier molecular flexibility index (Phi) is 4.57. The van der Waals surface area contributed by atoms with Crippen molar-refractivity contribution >= 4 is 18.6 Å². The van der Waals surface area contributed by atoms with Gasteiger partial charge in [0.25, 0.3) is 0 Å². The Hall–Kier alpha value is -2.73. The van der Waals surface area contributed by atoms with Crippen LogP contribution in [-0.2, 0) is 4.79 Å². The molecule has 122 valence electrons. The van der Waals surface area contributed by atoms with E-state index in [0.29, 0.717) is 11.5 Å². The first-order valence-corrected chi connectivity index (χ1v) is 7.73. The molecule has 1 atom stereocenters. The average Bonchev–Trinajstić information content (AvgIpc) is 3.07. The summed E-state index contributed by atoms with van der Waals surface area (Å²) < 4.78 is 10.9. The third-order valence-corrected chi connectivity index (χ3v) is 3.95. The zero-order valence-corrected chi connectivity index (χ0v) is 13.7. The maximum Gasteiger partial charge on any atom is 0.325 e. The number of rotatable bonds is 5. The van der Waals surface area contributed by atoms with Gasteiger partial charge in [0, 0.05) is 11.1 Å². The number of carbonyl (C=O) groups is 1. The van der Waals surface area contributed by atoms with Crippen molar-refractivity contribution in [2.75, 3.05) is 7.11 Å². The van der Waals surface area contributed by atoms with Crippen LogP contribution in [0.3, 0.4) is 0 Å². The van der Waals surface area contributed by atoms with Gasteiger partial charge >= 0.3 is 5.97 Å². The Morgan fingerprint density at radius 1 is 1.12 bits per heavy atom. The number of hydrogen-bond acceptors (Lipinski definition) is 5. The predicted molar refractivity (Wildman–Crippen MR) is 93.3 cm³/mol. The molecule has 1 N–H and O–H groups in total. The average molecular weight is 341 g/mol. The molecule has 0 saturated carbocycles. The summed E-state index contributed by atoms with van der Waals surface area (Å²) in [7, 11) is 1.59. The van der Waals surface area contributed by atoms with Gasteiger partial charge in [0.1, 0.15) is 11.4 Å². The summed E-state index contributed by atoms with van der Waals surface area (Å²) in [5, 5.41) is 8.03. The van der Waals surface area contributed by atoms with Gasteiger partial charge in [-0.15, -0.1) is 0 Å². The fraction of sp³-hybridized carbons (Fsp3) is 0.111. The summed E-state index contributed by atoms with van der Waals surface area (Å²) in [5.74, 6) is 0.174. The molecule has 0 aliphatic carbocycles. The van der Waals surface area contributed by atoms with E-state index >= 15 is 0 Å². The van der Waals surface area contributed by atoms with Crippen molar-refractivity contribution in [3.05, 3.63) is 60.5 Å². The molecule has 0 aliphatic rings. The first-order chi connectivity index (χ1) is 11.6. The summed E-state index contributed by atoms with van der Waals surface area (Å²) in [6.45, 7) is 0. The van der Waals surface area contributed by atoms with Crippen LogP contribution in [0.4, 0.5) is 0 Å². The largest absolute Gasteiger partial charge is 0.497 e. The monoisotopic (exact) mass is 341 g/mol. The summed E-state index contributed by atoms with van der Waals surface area (Å²) in [5.41, 5.74) is 2.18. The number of thiol groups is 1. The normalized spacial score (nSPS) is 11.9. The molecular weight excluding hydrogens is 326 g/mol. The molecule has 1 aromatic heterocycles. The molecule has 0 bridgehead atoms. The third-order valence-electron chi connectivity index (χ3n) is 3.51. The van der Waals surface area contributed by atoms with Crippen LogP contribution in [0.5, 0.6) is 5.75 Å². The van der Waals surface area contributed by atoms with E-state index in [-0.39, 0.29) is 5.89 Å². The van der Waals surface area contributed by atoms with E-state index in [1.165, 1.54) is 0 Å². The highest BCUT2D eigenvalue weighted by Gasteiger charge is 2.25. The molecule has 3 rings (SSSR count). The van der Waals surface area contributed by atoms with E-state index in [9.17, 15) is 4.79 Å². The van der Waals surface area contributed by atoms with Crippen LogP contribution in [-0.4, -0.2) is 23.2 Å². The molecule has 1 unspecified atom stereocenters. The molecule has 6 heteroatoms. The number of oxazole rings is 1. The van der Waals surface area contributed by atoms with Crippen LogP contribution < -0.4 is 4.74 Å². The summed E-state index contributed by atoms with van der Waals surface area (Å²) in [6, 6.07) is 16.7. The lowest BCUT2D eigenvalue weighted by Gasteiger charge is -2.03. The van der Waals surface area contributed by atoms with Crippen LogP contribution in [0, 0.1) is 0 Å². The van der Waals surface area contributed by atoms with Gasteiger partial charge < -0.3 is 14.3 Å². The summed E-state index contributed by atoms with van der Waals surface area (Å²) >= 11 is 4.06. The van der Waals surface area contributed by atoms with Gasteiger partial charge in [0.05, 0.1) is 7.11 Å². The minimum atomic E-state index is -1.13. The Morgan fingerprint density at radius 3 is 2.38 bits per heavy atom. The predicted octanol–water partition coefficient (Wildman–Crippen LogP) is 4.07. The van der Waals surface area contributed by atoms with Gasteiger partial charge in [-0.25, -0.2) is 4.98 Å². The standard InChI is InChI=1S/C18H15NO4S/c1-22-13-9-7-11(8-10-13)14-15(12-5-3-2-4-6-12)23-17(19-14)16(24)18(20)21/h2-10,16,24H,1H3,(H,20,21). The maximum atomic E-state index is 11.2. The van der Waals surface area contributed by atoms with Crippen molar-refractivity contribution in [3.63, 3.8) is 0 Å². The SMILES string of the molecule is COc1ccc(-c2nc(C(S)C(=O)O)oc2-c2ccccc2)cc1. The highest BCUT2D eigenvalue weighted by molar-refractivity contribution is 7.81. The first kappa shape index (κ1) is 16.1. The molecular formula is C18H15NO4S. The van der Waals surface area contributed by atoms with Crippen LogP contribution in [0.25, 0.3) is 22.6 Å². The van der Waals surface area contributed by atoms with Gasteiger partial charge in [0.2, 0.25) is 5.89 Å². The molecule has 3 aromatic rings. The number of ether oxygens (including phenoxy) is 1. The minimum absolute atomic E-state index is 0.0514. The zero-order chi connectivity index (χ0) is 17.1. The number of nitrogens with zero attached hydrogens (tertiary/aromatic N) is 1. The van der Waals surface area contributed by atoms with Crippen molar-refractivity contribution in [2.45, 2.75) is 5.25 Å². The molecule has 0 aliphatic heterocycles. The molecule has 1 heterocycles. The van der Waals surface area contributed by atoms with Crippen LogP contribution in [0.1, 0.15) is 11.1 Å².